The SMILES string of the molecule is CC1CCC(C2CCC(C3CCC(=C(F)F)CC3)CC2)OC1. The molecule has 2 atom stereocenters. The average Bonchev–Trinajstić information content (AvgIpc) is 2.56. The highest BCUT2D eigenvalue weighted by Crippen LogP contribution is 2.43. The van der Waals surface area contributed by atoms with Crippen molar-refractivity contribution in [3.8, 4) is 0 Å². The summed E-state index contributed by atoms with van der Waals surface area (Å²) < 4.78 is 31.3. The van der Waals surface area contributed by atoms with Gasteiger partial charge in [-0.05, 0) is 93.5 Å². The van der Waals surface area contributed by atoms with E-state index < -0.39 is 6.08 Å². The van der Waals surface area contributed by atoms with Gasteiger partial charge in [0.1, 0.15) is 0 Å². The molecular weight excluding hydrogens is 282 g/mol. The number of allylic oxidation sites excluding steroid dienone is 1. The lowest BCUT2D eigenvalue weighted by atomic mass is 9.69. The lowest BCUT2D eigenvalue weighted by molar-refractivity contribution is -0.0566. The number of hydrogen-bond acceptors (Lipinski definition) is 1. The molecule has 22 heavy (non-hydrogen) atoms. The minimum Gasteiger partial charge on any atom is -0.378 e. The Morgan fingerprint density at radius 1 is 0.818 bits per heavy atom. The van der Waals surface area contributed by atoms with Gasteiger partial charge in [-0.1, -0.05) is 6.92 Å². The van der Waals surface area contributed by atoms with E-state index in [0.717, 1.165) is 37.2 Å². The van der Waals surface area contributed by atoms with Crippen LogP contribution in [0, 0.1) is 23.7 Å². The fourth-order valence-electron chi connectivity index (χ4n) is 4.91. The van der Waals surface area contributed by atoms with E-state index in [4.69, 9.17) is 4.74 Å². The molecule has 0 amide bonds. The maximum atomic E-state index is 12.6. The van der Waals surface area contributed by atoms with E-state index in [1.165, 1.54) is 38.5 Å². The van der Waals surface area contributed by atoms with E-state index in [9.17, 15) is 8.78 Å². The molecule has 0 aromatic rings. The molecule has 1 nitrogen and oxygen atoms in total. The topological polar surface area (TPSA) is 9.23 Å². The standard InChI is InChI=1S/C19H30F2O/c1-13-2-11-18(22-12-13)16-7-3-14(4-8-16)15-5-9-17(10-6-15)19(20)21/h13-16,18H,2-12H2,1H3. The highest BCUT2D eigenvalue weighted by molar-refractivity contribution is 5.06. The molecule has 0 bridgehead atoms. The molecular formula is C19H30F2O. The summed E-state index contributed by atoms with van der Waals surface area (Å²) >= 11 is 0. The Labute approximate surface area is 133 Å². The Balaban J connectivity index is 1.43. The molecule has 1 saturated heterocycles. The lowest BCUT2D eigenvalue weighted by Gasteiger charge is -2.40. The average molecular weight is 312 g/mol. The largest absolute Gasteiger partial charge is 0.378 e. The Bertz CT molecular complexity index is 376. The van der Waals surface area contributed by atoms with Crippen LogP contribution in [0.2, 0.25) is 0 Å². The third-order valence-corrected chi connectivity index (χ3v) is 6.45. The van der Waals surface area contributed by atoms with Crippen LogP contribution in [0.25, 0.3) is 0 Å². The van der Waals surface area contributed by atoms with Crippen LogP contribution in [0.4, 0.5) is 8.78 Å². The van der Waals surface area contributed by atoms with Crippen LogP contribution < -0.4 is 0 Å². The van der Waals surface area contributed by atoms with Crippen LogP contribution in [-0.2, 0) is 4.74 Å². The lowest BCUT2D eigenvalue weighted by Crippen LogP contribution is -2.34. The van der Waals surface area contributed by atoms with Gasteiger partial charge >= 0.3 is 0 Å². The number of ether oxygens (including phenoxy) is 1. The van der Waals surface area contributed by atoms with Gasteiger partial charge in [0.05, 0.1) is 6.10 Å². The van der Waals surface area contributed by atoms with Crippen molar-refractivity contribution in [3.05, 3.63) is 11.7 Å². The van der Waals surface area contributed by atoms with Gasteiger partial charge in [-0.15, -0.1) is 0 Å². The molecule has 0 aromatic carbocycles. The Hall–Kier alpha value is -0.440. The van der Waals surface area contributed by atoms with Gasteiger partial charge < -0.3 is 4.74 Å². The van der Waals surface area contributed by atoms with E-state index in [-0.39, 0.29) is 0 Å². The molecule has 0 radical (unpaired) electrons. The first-order valence-corrected chi connectivity index (χ1v) is 9.28. The summed E-state index contributed by atoms with van der Waals surface area (Å²) in [5.74, 6) is 2.96. The Morgan fingerprint density at radius 3 is 1.95 bits per heavy atom. The number of rotatable bonds is 2. The summed E-state index contributed by atoms with van der Waals surface area (Å²) in [5.41, 5.74) is 0.426. The third-order valence-electron chi connectivity index (χ3n) is 6.45. The zero-order valence-corrected chi connectivity index (χ0v) is 13.8. The van der Waals surface area contributed by atoms with E-state index in [1.54, 1.807) is 0 Å². The summed E-state index contributed by atoms with van der Waals surface area (Å²) in [6.07, 6.45) is 10.1. The van der Waals surface area contributed by atoms with E-state index in [0.29, 0.717) is 30.4 Å². The molecule has 2 saturated carbocycles. The van der Waals surface area contributed by atoms with Crippen molar-refractivity contribution in [2.75, 3.05) is 6.61 Å². The maximum absolute atomic E-state index is 12.6. The van der Waals surface area contributed by atoms with Crippen molar-refractivity contribution in [2.45, 2.75) is 77.2 Å². The van der Waals surface area contributed by atoms with E-state index >= 15 is 0 Å². The van der Waals surface area contributed by atoms with Gasteiger partial charge in [-0.25, -0.2) is 0 Å². The monoisotopic (exact) mass is 312 g/mol. The fourth-order valence-corrected chi connectivity index (χ4v) is 4.91. The first-order valence-electron chi connectivity index (χ1n) is 9.28. The molecule has 1 aliphatic heterocycles. The van der Waals surface area contributed by atoms with Gasteiger partial charge in [-0.3, -0.25) is 0 Å². The summed E-state index contributed by atoms with van der Waals surface area (Å²) in [6.45, 7) is 3.22. The zero-order valence-electron chi connectivity index (χ0n) is 13.8. The second kappa shape index (κ2) is 7.42. The third kappa shape index (κ3) is 3.90. The molecule has 3 fully saturated rings. The van der Waals surface area contributed by atoms with Crippen molar-refractivity contribution in [1.29, 1.82) is 0 Å². The predicted octanol–water partition coefficient (Wildman–Crippen LogP) is 5.95. The van der Waals surface area contributed by atoms with Crippen LogP contribution in [0.15, 0.2) is 11.7 Å². The smallest absolute Gasteiger partial charge is 0.269 e. The van der Waals surface area contributed by atoms with Gasteiger partial charge in [0.2, 0.25) is 0 Å². The van der Waals surface area contributed by atoms with E-state index in [1.807, 2.05) is 0 Å². The van der Waals surface area contributed by atoms with Crippen LogP contribution in [-0.4, -0.2) is 12.7 Å². The van der Waals surface area contributed by atoms with Gasteiger partial charge in [0.25, 0.3) is 6.08 Å². The molecule has 3 rings (SSSR count). The van der Waals surface area contributed by atoms with Crippen molar-refractivity contribution in [1.82, 2.24) is 0 Å². The Kier molecular flexibility index (Phi) is 5.54. The van der Waals surface area contributed by atoms with Gasteiger partial charge in [-0.2, -0.15) is 8.78 Å². The van der Waals surface area contributed by atoms with Crippen molar-refractivity contribution >= 4 is 0 Å². The number of hydrogen-bond donors (Lipinski definition) is 0. The first-order chi connectivity index (χ1) is 10.6. The summed E-state index contributed by atoms with van der Waals surface area (Å²) in [6, 6.07) is 0. The molecule has 2 unspecified atom stereocenters. The molecule has 126 valence electrons. The van der Waals surface area contributed by atoms with E-state index in [2.05, 4.69) is 6.92 Å². The predicted molar refractivity (Wildman–Crippen MR) is 84.8 cm³/mol. The summed E-state index contributed by atoms with van der Waals surface area (Å²) in [7, 11) is 0. The van der Waals surface area contributed by atoms with Crippen molar-refractivity contribution < 1.29 is 13.5 Å². The highest BCUT2D eigenvalue weighted by Gasteiger charge is 2.34. The molecule has 0 N–H and O–H groups in total. The maximum Gasteiger partial charge on any atom is 0.269 e. The molecule has 0 spiro atoms. The molecule has 2 aliphatic carbocycles. The Morgan fingerprint density at radius 2 is 1.41 bits per heavy atom. The van der Waals surface area contributed by atoms with Gasteiger partial charge in [0, 0.05) is 6.61 Å². The summed E-state index contributed by atoms with van der Waals surface area (Å²) in [5, 5.41) is 0. The van der Waals surface area contributed by atoms with Crippen LogP contribution in [0.3, 0.4) is 0 Å². The number of halogens is 2. The minimum absolute atomic E-state index is 0.426. The van der Waals surface area contributed by atoms with Crippen LogP contribution >= 0.6 is 0 Å². The molecule has 3 aliphatic rings. The second-order valence-electron chi connectivity index (χ2n) is 7.93. The van der Waals surface area contributed by atoms with Crippen molar-refractivity contribution in [2.24, 2.45) is 23.7 Å². The van der Waals surface area contributed by atoms with Crippen LogP contribution in [0.5, 0.6) is 0 Å². The molecule has 3 heteroatoms. The minimum atomic E-state index is -1.41. The quantitative estimate of drug-likeness (QED) is 0.612. The normalized spacial score (nSPS) is 40.5. The molecule has 0 aromatic heterocycles. The second-order valence-corrected chi connectivity index (χ2v) is 7.93. The van der Waals surface area contributed by atoms with Crippen LogP contribution in [0.1, 0.15) is 71.1 Å². The van der Waals surface area contributed by atoms with Gasteiger partial charge in [0.15, 0.2) is 0 Å². The highest BCUT2D eigenvalue weighted by atomic mass is 19.3. The fraction of sp³-hybridized carbons (Fsp3) is 0.895. The zero-order chi connectivity index (χ0) is 15.5. The van der Waals surface area contributed by atoms with Crippen molar-refractivity contribution in [3.63, 3.8) is 0 Å². The summed E-state index contributed by atoms with van der Waals surface area (Å²) in [4.78, 5) is 0. The molecule has 1 heterocycles. The first kappa shape index (κ1) is 16.4.